The van der Waals surface area contributed by atoms with Crippen LogP contribution < -0.4 is 5.73 Å². The molecule has 5 heteroatoms. The minimum Gasteiger partial charge on any atom is -0.324 e. The molecule has 0 unspecified atom stereocenters. The first kappa shape index (κ1) is 10.2. The molecule has 2 rings (SSSR count). The molecule has 0 radical (unpaired) electrons. The third-order valence-electron chi connectivity index (χ3n) is 1.98. The van der Waals surface area contributed by atoms with Gasteiger partial charge in [-0.05, 0) is 11.6 Å². The highest BCUT2D eigenvalue weighted by molar-refractivity contribution is 7.11. The Morgan fingerprint density at radius 2 is 1.93 bits per heavy atom. The molecule has 0 amide bonds. The lowest BCUT2D eigenvalue weighted by Gasteiger charge is -1.98. The molecule has 78 valence electrons. The first-order valence-corrected chi connectivity index (χ1v) is 5.36. The van der Waals surface area contributed by atoms with Crippen LogP contribution in [0, 0.1) is 5.82 Å². The van der Waals surface area contributed by atoms with E-state index in [0.29, 0.717) is 18.5 Å². The minimum absolute atomic E-state index is 0.206. The largest absolute Gasteiger partial charge is 0.324 e. The molecule has 2 aromatic rings. The summed E-state index contributed by atoms with van der Waals surface area (Å²) in [7, 11) is 0. The van der Waals surface area contributed by atoms with E-state index < -0.39 is 0 Å². The van der Waals surface area contributed by atoms with E-state index in [9.17, 15) is 4.39 Å². The Morgan fingerprint density at radius 3 is 2.60 bits per heavy atom. The molecule has 0 aliphatic heterocycles. The average Bonchev–Trinajstić information content (AvgIpc) is 2.69. The first-order chi connectivity index (χ1) is 7.29. The van der Waals surface area contributed by atoms with Crippen molar-refractivity contribution in [3.05, 3.63) is 45.7 Å². The lowest BCUT2D eigenvalue weighted by molar-refractivity contribution is 0.613. The molecule has 1 aromatic heterocycles. The fraction of sp³-hybridized carbons (Fsp3) is 0.200. The second kappa shape index (κ2) is 4.46. The van der Waals surface area contributed by atoms with Crippen LogP contribution in [-0.4, -0.2) is 10.2 Å². The Kier molecular flexibility index (Phi) is 3.03. The van der Waals surface area contributed by atoms with Crippen molar-refractivity contribution in [2.75, 3.05) is 0 Å². The number of nitrogens with two attached hydrogens (primary N) is 1. The standard InChI is InChI=1S/C10H10FN3S/c11-8-4-2-1-3-7(8)5-9-13-14-10(6-12)15-9/h1-4H,5-6,12H2. The molecular weight excluding hydrogens is 213 g/mol. The monoisotopic (exact) mass is 223 g/mol. The van der Waals surface area contributed by atoms with Crippen molar-refractivity contribution >= 4 is 11.3 Å². The Hall–Kier alpha value is -1.33. The summed E-state index contributed by atoms with van der Waals surface area (Å²) in [5.41, 5.74) is 6.06. The number of rotatable bonds is 3. The second-order valence-electron chi connectivity index (χ2n) is 3.06. The minimum atomic E-state index is -0.206. The zero-order valence-electron chi connectivity index (χ0n) is 7.98. The summed E-state index contributed by atoms with van der Waals surface area (Å²) in [6.45, 7) is 0.384. The number of aromatic nitrogens is 2. The van der Waals surface area contributed by atoms with E-state index in [1.165, 1.54) is 17.4 Å². The van der Waals surface area contributed by atoms with Gasteiger partial charge in [0.05, 0.1) is 0 Å². The highest BCUT2D eigenvalue weighted by Gasteiger charge is 2.06. The highest BCUT2D eigenvalue weighted by Crippen LogP contribution is 2.16. The molecule has 3 nitrogen and oxygen atoms in total. The number of halogens is 1. The van der Waals surface area contributed by atoms with Gasteiger partial charge in [0, 0.05) is 13.0 Å². The Bertz CT molecular complexity index is 455. The average molecular weight is 223 g/mol. The molecule has 0 spiro atoms. The molecule has 1 aromatic carbocycles. The van der Waals surface area contributed by atoms with E-state index in [1.54, 1.807) is 12.1 Å². The molecule has 0 atom stereocenters. The molecule has 1 heterocycles. The fourth-order valence-electron chi connectivity index (χ4n) is 1.25. The zero-order valence-corrected chi connectivity index (χ0v) is 8.80. The molecule has 0 saturated carbocycles. The van der Waals surface area contributed by atoms with Gasteiger partial charge in [-0.15, -0.1) is 10.2 Å². The van der Waals surface area contributed by atoms with Crippen LogP contribution in [0.15, 0.2) is 24.3 Å². The third kappa shape index (κ3) is 2.37. The topological polar surface area (TPSA) is 51.8 Å². The zero-order chi connectivity index (χ0) is 10.7. The lowest BCUT2D eigenvalue weighted by atomic mass is 10.1. The highest BCUT2D eigenvalue weighted by atomic mass is 32.1. The van der Waals surface area contributed by atoms with E-state index >= 15 is 0 Å². The van der Waals surface area contributed by atoms with E-state index in [1.807, 2.05) is 6.07 Å². The predicted molar refractivity (Wildman–Crippen MR) is 57.0 cm³/mol. The van der Waals surface area contributed by atoms with E-state index in [0.717, 1.165) is 10.0 Å². The van der Waals surface area contributed by atoms with Gasteiger partial charge < -0.3 is 5.73 Å². The van der Waals surface area contributed by atoms with Crippen LogP contribution in [0.3, 0.4) is 0 Å². The van der Waals surface area contributed by atoms with Crippen LogP contribution >= 0.6 is 11.3 Å². The molecule has 15 heavy (non-hydrogen) atoms. The molecule has 0 saturated heterocycles. The van der Waals surface area contributed by atoms with Crippen molar-refractivity contribution < 1.29 is 4.39 Å². The van der Waals surface area contributed by atoms with Crippen LogP contribution in [0.1, 0.15) is 15.6 Å². The maximum absolute atomic E-state index is 13.3. The normalized spacial score (nSPS) is 10.5. The maximum atomic E-state index is 13.3. The number of hydrogen-bond acceptors (Lipinski definition) is 4. The summed E-state index contributed by atoms with van der Waals surface area (Å²) in [4.78, 5) is 0. The summed E-state index contributed by atoms with van der Waals surface area (Å²) in [6.07, 6.45) is 0.477. The van der Waals surface area contributed by atoms with Crippen LogP contribution in [0.25, 0.3) is 0 Å². The van der Waals surface area contributed by atoms with Gasteiger partial charge in [0.2, 0.25) is 0 Å². The van der Waals surface area contributed by atoms with Gasteiger partial charge in [0.25, 0.3) is 0 Å². The Morgan fingerprint density at radius 1 is 1.20 bits per heavy atom. The van der Waals surface area contributed by atoms with Gasteiger partial charge in [0.15, 0.2) is 0 Å². The first-order valence-electron chi connectivity index (χ1n) is 4.54. The maximum Gasteiger partial charge on any atom is 0.131 e. The Labute approximate surface area is 90.8 Å². The van der Waals surface area contributed by atoms with E-state index in [-0.39, 0.29) is 5.82 Å². The molecule has 0 aliphatic rings. The van der Waals surface area contributed by atoms with Crippen LogP contribution in [0.2, 0.25) is 0 Å². The van der Waals surface area contributed by atoms with Crippen molar-refractivity contribution in [1.82, 2.24) is 10.2 Å². The fourth-order valence-corrected chi connectivity index (χ4v) is 1.99. The molecular formula is C10H10FN3S. The number of hydrogen-bond donors (Lipinski definition) is 1. The van der Waals surface area contributed by atoms with Crippen molar-refractivity contribution in [2.45, 2.75) is 13.0 Å². The quantitative estimate of drug-likeness (QED) is 0.862. The van der Waals surface area contributed by atoms with Crippen LogP contribution in [0.5, 0.6) is 0 Å². The van der Waals surface area contributed by atoms with Gasteiger partial charge in [-0.3, -0.25) is 0 Å². The lowest BCUT2D eigenvalue weighted by Crippen LogP contribution is -1.94. The van der Waals surface area contributed by atoms with Crippen molar-refractivity contribution in [3.8, 4) is 0 Å². The molecule has 0 bridgehead atoms. The third-order valence-corrected chi connectivity index (χ3v) is 2.93. The van der Waals surface area contributed by atoms with Gasteiger partial charge >= 0.3 is 0 Å². The number of nitrogens with zero attached hydrogens (tertiary/aromatic N) is 2. The summed E-state index contributed by atoms with van der Waals surface area (Å²) in [6, 6.07) is 6.67. The SMILES string of the molecule is NCc1nnc(Cc2ccccc2F)s1. The van der Waals surface area contributed by atoms with Crippen molar-refractivity contribution in [2.24, 2.45) is 5.73 Å². The summed E-state index contributed by atoms with van der Waals surface area (Å²) in [5.74, 6) is -0.206. The van der Waals surface area contributed by atoms with Crippen LogP contribution in [0.4, 0.5) is 4.39 Å². The van der Waals surface area contributed by atoms with E-state index in [2.05, 4.69) is 10.2 Å². The molecule has 0 aliphatic carbocycles. The smallest absolute Gasteiger partial charge is 0.131 e. The van der Waals surface area contributed by atoms with Crippen molar-refractivity contribution in [3.63, 3.8) is 0 Å². The van der Waals surface area contributed by atoms with Gasteiger partial charge in [-0.2, -0.15) is 0 Å². The van der Waals surface area contributed by atoms with Gasteiger partial charge in [-0.1, -0.05) is 29.5 Å². The van der Waals surface area contributed by atoms with Gasteiger partial charge in [-0.25, -0.2) is 4.39 Å². The summed E-state index contributed by atoms with van der Waals surface area (Å²) in [5, 5.41) is 9.40. The van der Waals surface area contributed by atoms with E-state index in [4.69, 9.17) is 5.73 Å². The molecule has 2 N–H and O–H groups in total. The Balaban J connectivity index is 2.18. The predicted octanol–water partition coefficient (Wildman–Crippen LogP) is 1.73. The summed E-state index contributed by atoms with van der Waals surface area (Å²) < 4.78 is 13.3. The van der Waals surface area contributed by atoms with Crippen molar-refractivity contribution in [1.29, 1.82) is 0 Å². The molecule has 0 fully saturated rings. The van der Waals surface area contributed by atoms with Crippen LogP contribution in [-0.2, 0) is 13.0 Å². The van der Waals surface area contributed by atoms with Gasteiger partial charge in [0.1, 0.15) is 15.8 Å². The summed E-state index contributed by atoms with van der Waals surface area (Å²) >= 11 is 1.42. The second-order valence-corrected chi connectivity index (χ2v) is 4.21. The number of benzene rings is 1.